The second-order valence-electron chi connectivity index (χ2n) is 8.86. The summed E-state index contributed by atoms with van der Waals surface area (Å²) in [6, 6.07) is 0. The van der Waals surface area contributed by atoms with Crippen molar-refractivity contribution in [1.29, 1.82) is 0 Å². The molecule has 4 unspecified atom stereocenters. The SMILES string of the molecule is CC(CO)C1=C(O)C2=C(C(=O)C1=O)C1(C)CCCC(C)(C)C1CC2O. The molecule has 3 rings (SSSR count). The van der Waals surface area contributed by atoms with E-state index in [1.54, 1.807) is 6.92 Å². The van der Waals surface area contributed by atoms with Gasteiger partial charge in [0.1, 0.15) is 5.76 Å². The Morgan fingerprint density at radius 1 is 1.16 bits per heavy atom. The smallest absolute Gasteiger partial charge is 0.233 e. The van der Waals surface area contributed by atoms with Gasteiger partial charge in [0, 0.05) is 29.1 Å². The van der Waals surface area contributed by atoms with E-state index in [0.29, 0.717) is 12.0 Å². The van der Waals surface area contributed by atoms with E-state index in [-0.39, 0.29) is 34.8 Å². The average molecular weight is 348 g/mol. The van der Waals surface area contributed by atoms with Gasteiger partial charge in [-0.2, -0.15) is 0 Å². The lowest BCUT2D eigenvalue weighted by Gasteiger charge is -2.56. The van der Waals surface area contributed by atoms with Gasteiger partial charge < -0.3 is 15.3 Å². The third kappa shape index (κ3) is 2.43. The monoisotopic (exact) mass is 348 g/mol. The van der Waals surface area contributed by atoms with Gasteiger partial charge in [-0.25, -0.2) is 0 Å². The fourth-order valence-electron chi connectivity index (χ4n) is 5.51. The normalized spacial score (nSPS) is 36.2. The van der Waals surface area contributed by atoms with Crippen molar-refractivity contribution in [2.45, 2.75) is 59.5 Å². The van der Waals surface area contributed by atoms with Crippen molar-refractivity contribution in [2.75, 3.05) is 6.61 Å². The van der Waals surface area contributed by atoms with E-state index in [4.69, 9.17) is 0 Å². The van der Waals surface area contributed by atoms with Gasteiger partial charge in [0.15, 0.2) is 0 Å². The Hall–Kier alpha value is -1.46. The first-order chi connectivity index (χ1) is 11.6. The van der Waals surface area contributed by atoms with E-state index in [1.807, 2.05) is 6.92 Å². The van der Waals surface area contributed by atoms with Gasteiger partial charge >= 0.3 is 0 Å². The fourth-order valence-corrected chi connectivity index (χ4v) is 5.51. The lowest BCUT2D eigenvalue weighted by Crippen LogP contribution is -2.52. The molecule has 25 heavy (non-hydrogen) atoms. The molecule has 4 atom stereocenters. The van der Waals surface area contributed by atoms with Crippen molar-refractivity contribution in [1.82, 2.24) is 0 Å². The molecule has 3 N–H and O–H groups in total. The lowest BCUT2D eigenvalue weighted by molar-refractivity contribution is -0.135. The summed E-state index contributed by atoms with van der Waals surface area (Å²) in [6.07, 6.45) is 2.22. The first-order valence-corrected chi connectivity index (χ1v) is 9.12. The molecule has 0 bridgehead atoms. The fraction of sp³-hybridized carbons (Fsp3) is 0.700. The summed E-state index contributed by atoms with van der Waals surface area (Å²) in [4.78, 5) is 25.7. The number of aliphatic hydroxyl groups excluding tert-OH is 3. The Labute approximate surface area is 148 Å². The van der Waals surface area contributed by atoms with Crippen LogP contribution in [0.4, 0.5) is 0 Å². The minimum atomic E-state index is -0.969. The Morgan fingerprint density at radius 2 is 1.80 bits per heavy atom. The van der Waals surface area contributed by atoms with E-state index in [2.05, 4.69) is 13.8 Å². The van der Waals surface area contributed by atoms with Crippen LogP contribution in [0.3, 0.4) is 0 Å². The minimum Gasteiger partial charge on any atom is -0.507 e. The molecule has 5 nitrogen and oxygen atoms in total. The maximum Gasteiger partial charge on any atom is 0.233 e. The molecule has 138 valence electrons. The first-order valence-electron chi connectivity index (χ1n) is 9.12. The maximum absolute atomic E-state index is 13.0. The Morgan fingerprint density at radius 3 is 2.40 bits per heavy atom. The Kier molecular flexibility index (Phi) is 4.24. The number of carbonyl (C=O) groups is 2. The van der Waals surface area contributed by atoms with Gasteiger partial charge in [-0.1, -0.05) is 34.1 Å². The summed E-state index contributed by atoms with van der Waals surface area (Å²) >= 11 is 0. The Balaban J connectivity index is 2.25. The predicted octanol–water partition coefficient (Wildman–Crippen LogP) is 2.47. The molecule has 3 aliphatic carbocycles. The number of hydrogen-bond acceptors (Lipinski definition) is 5. The van der Waals surface area contributed by atoms with Crippen molar-refractivity contribution in [3.63, 3.8) is 0 Å². The van der Waals surface area contributed by atoms with Crippen LogP contribution in [0.5, 0.6) is 0 Å². The molecule has 0 aliphatic heterocycles. The van der Waals surface area contributed by atoms with Gasteiger partial charge in [0.25, 0.3) is 0 Å². The molecule has 0 saturated heterocycles. The quantitative estimate of drug-likeness (QED) is 0.526. The van der Waals surface area contributed by atoms with Crippen molar-refractivity contribution >= 4 is 11.6 Å². The zero-order valence-electron chi connectivity index (χ0n) is 15.4. The van der Waals surface area contributed by atoms with Crippen LogP contribution < -0.4 is 0 Å². The largest absolute Gasteiger partial charge is 0.507 e. The van der Waals surface area contributed by atoms with Crippen LogP contribution in [0.25, 0.3) is 0 Å². The molecule has 0 aromatic heterocycles. The van der Waals surface area contributed by atoms with Crippen LogP contribution in [-0.4, -0.2) is 39.6 Å². The van der Waals surface area contributed by atoms with Crippen molar-refractivity contribution in [3.05, 3.63) is 22.5 Å². The molecule has 0 amide bonds. The zero-order chi connectivity index (χ0) is 18.7. The highest BCUT2D eigenvalue weighted by Gasteiger charge is 2.57. The maximum atomic E-state index is 13.0. The lowest BCUT2D eigenvalue weighted by atomic mass is 9.48. The molecule has 1 saturated carbocycles. The number of aliphatic hydroxyl groups is 3. The summed E-state index contributed by atoms with van der Waals surface area (Å²) in [6.45, 7) is 7.55. The van der Waals surface area contributed by atoms with E-state index in [0.717, 1.165) is 19.3 Å². The van der Waals surface area contributed by atoms with Crippen molar-refractivity contribution < 1.29 is 24.9 Å². The Bertz CT molecular complexity index is 699. The van der Waals surface area contributed by atoms with Crippen LogP contribution in [0, 0.1) is 22.7 Å². The van der Waals surface area contributed by atoms with Crippen molar-refractivity contribution in [3.8, 4) is 0 Å². The third-order valence-electron chi connectivity index (χ3n) is 6.82. The number of fused-ring (bicyclic) bond motifs is 2. The molecular weight excluding hydrogens is 320 g/mol. The summed E-state index contributed by atoms with van der Waals surface area (Å²) in [5.74, 6) is -2.23. The van der Waals surface area contributed by atoms with E-state index in [1.165, 1.54) is 0 Å². The zero-order valence-corrected chi connectivity index (χ0v) is 15.4. The summed E-state index contributed by atoms with van der Waals surface area (Å²) < 4.78 is 0. The van der Waals surface area contributed by atoms with E-state index >= 15 is 0 Å². The number of allylic oxidation sites excluding steroid dienone is 1. The predicted molar refractivity (Wildman–Crippen MR) is 92.8 cm³/mol. The highest BCUT2D eigenvalue weighted by Crippen LogP contribution is 2.61. The van der Waals surface area contributed by atoms with Crippen LogP contribution in [0.1, 0.15) is 53.4 Å². The second-order valence-corrected chi connectivity index (χ2v) is 8.86. The minimum absolute atomic E-state index is 0.0478. The number of Topliss-reactive ketones (excluding diaryl/α,β-unsaturated/α-hetero) is 2. The third-order valence-corrected chi connectivity index (χ3v) is 6.82. The second kappa shape index (κ2) is 5.78. The molecule has 0 heterocycles. The van der Waals surface area contributed by atoms with Crippen LogP contribution in [-0.2, 0) is 9.59 Å². The molecule has 0 aromatic carbocycles. The van der Waals surface area contributed by atoms with Crippen molar-refractivity contribution in [2.24, 2.45) is 22.7 Å². The van der Waals surface area contributed by atoms with E-state index < -0.39 is 29.0 Å². The summed E-state index contributed by atoms with van der Waals surface area (Å²) in [5.41, 5.74) is -0.113. The van der Waals surface area contributed by atoms with Gasteiger partial charge in [-0.3, -0.25) is 9.59 Å². The molecule has 0 radical (unpaired) electrons. The number of carbonyl (C=O) groups excluding carboxylic acids is 2. The average Bonchev–Trinajstić information content (AvgIpc) is 2.53. The molecule has 0 aromatic rings. The van der Waals surface area contributed by atoms with E-state index in [9.17, 15) is 24.9 Å². The molecule has 3 aliphatic rings. The topological polar surface area (TPSA) is 94.8 Å². The molecular formula is C20H28O5. The van der Waals surface area contributed by atoms with Crippen LogP contribution in [0.15, 0.2) is 22.5 Å². The number of ketones is 2. The standard InChI is InChI=1S/C20H28O5/c1-10(9-21)13-16(23)14-11(22)8-12-19(2,3)6-5-7-20(12,4)15(14)18(25)17(13)24/h10-12,21-23H,5-9H2,1-4H3. The molecule has 0 spiro atoms. The van der Waals surface area contributed by atoms with Gasteiger partial charge in [0.05, 0.1) is 11.7 Å². The van der Waals surface area contributed by atoms with Crippen LogP contribution >= 0.6 is 0 Å². The van der Waals surface area contributed by atoms with Gasteiger partial charge in [0.2, 0.25) is 11.6 Å². The number of rotatable bonds is 2. The highest BCUT2D eigenvalue weighted by molar-refractivity contribution is 6.50. The first kappa shape index (κ1) is 18.3. The molecule has 1 fully saturated rings. The summed E-state index contributed by atoms with van der Waals surface area (Å²) in [7, 11) is 0. The van der Waals surface area contributed by atoms with Gasteiger partial charge in [-0.05, 0) is 30.6 Å². The van der Waals surface area contributed by atoms with Crippen LogP contribution in [0.2, 0.25) is 0 Å². The highest BCUT2D eigenvalue weighted by atomic mass is 16.3. The summed E-state index contributed by atoms with van der Waals surface area (Å²) in [5, 5.41) is 30.9. The molecule has 5 heteroatoms. The van der Waals surface area contributed by atoms with Gasteiger partial charge in [-0.15, -0.1) is 0 Å². The number of hydrogen-bond donors (Lipinski definition) is 3.